The van der Waals surface area contributed by atoms with Gasteiger partial charge in [0, 0.05) is 63.5 Å². The second kappa shape index (κ2) is 16.1. The van der Waals surface area contributed by atoms with Crippen LogP contribution in [0.3, 0.4) is 0 Å². The molecule has 0 aromatic heterocycles. The normalized spacial score (nSPS) is 20.2. The number of hydrogen-bond donors (Lipinski definition) is 1. The Morgan fingerprint density at radius 3 is 2.13 bits per heavy atom. The second-order valence-corrected chi connectivity index (χ2v) is 15.0. The smallest absolute Gasteiger partial charge is 0.204 e. The summed E-state index contributed by atoms with van der Waals surface area (Å²) in [5, 5.41) is 3.44. The molecule has 1 saturated heterocycles. The molecule has 0 radical (unpaired) electrons. The highest BCUT2D eigenvalue weighted by molar-refractivity contribution is 5.64. The number of nitrogens with zero attached hydrogens (tertiary/aromatic N) is 3. The predicted octanol–water partition coefficient (Wildman–Crippen LogP) is 6.83. The van der Waals surface area contributed by atoms with Crippen molar-refractivity contribution in [3.05, 3.63) is 94.0 Å². The highest BCUT2D eigenvalue weighted by Crippen LogP contribution is 2.52. The Balaban J connectivity index is 1.23. The molecule has 1 N–H and O–H groups in total. The van der Waals surface area contributed by atoms with Gasteiger partial charge in [0.15, 0.2) is 34.5 Å². The lowest BCUT2D eigenvalue weighted by Gasteiger charge is -2.37. The Kier molecular flexibility index (Phi) is 10.9. The molecule has 54 heavy (non-hydrogen) atoms. The molecular formula is C44H54N4O6. The first-order chi connectivity index (χ1) is 26.4. The van der Waals surface area contributed by atoms with Gasteiger partial charge in [0.05, 0.1) is 27.9 Å². The van der Waals surface area contributed by atoms with E-state index in [1.807, 2.05) is 0 Å². The van der Waals surface area contributed by atoms with Crippen molar-refractivity contribution in [2.24, 2.45) is 0 Å². The van der Waals surface area contributed by atoms with Gasteiger partial charge in [-0.05, 0) is 116 Å². The first-order valence-corrected chi connectivity index (χ1v) is 19.4. The lowest BCUT2D eigenvalue weighted by atomic mass is 9.87. The van der Waals surface area contributed by atoms with Crippen LogP contribution in [0.5, 0.6) is 46.0 Å². The van der Waals surface area contributed by atoms with Gasteiger partial charge in [0.1, 0.15) is 5.75 Å². The van der Waals surface area contributed by atoms with Crippen LogP contribution in [0, 0.1) is 0 Å². The summed E-state index contributed by atoms with van der Waals surface area (Å²) in [4.78, 5) is 7.35. The summed E-state index contributed by atoms with van der Waals surface area (Å²) in [6.45, 7) is 7.77. The molecule has 0 saturated carbocycles. The number of hydrogen-bond acceptors (Lipinski definition) is 10. The van der Waals surface area contributed by atoms with E-state index >= 15 is 0 Å². The van der Waals surface area contributed by atoms with Crippen molar-refractivity contribution in [1.29, 1.82) is 0 Å². The van der Waals surface area contributed by atoms with Crippen molar-refractivity contribution in [3.63, 3.8) is 0 Å². The molecule has 10 nitrogen and oxygen atoms in total. The fraction of sp³-hybridized carbons (Fsp3) is 0.455. The average molecular weight is 735 g/mol. The summed E-state index contributed by atoms with van der Waals surface area (Å²) in [5.74, 6) is 5.55. The number of fused-ring (bicyclic) bond motifs is 2. The zero-order chi connectivity index (χ0) is 37.2. The summed E-state index contributed by atoms with van der Waals surface area (Å²) in [6, 6.07) is 21.6. The summed E-state index contributed by atoms with van der Waals surface area (Å²) >= 11 is 0. The Hall–Kier alpha value is -4.48. The van der Waals surface area contributed by atoms with Crippen LogP contribution in [0.25, 0.3) is 0 Å². The molecule has 6 bridgehead atoms. The third kappa shape index (κ3) is 7.45. The molecular weight excluding hydrogens is 681 g/mol. The van der Waals surface area contributed by atoms with Gasteiger partial charge in [-0.25, -0.2) is 0 Å². The minimum atomic E-state index is -0.0112. The molecule has 5 aliphatic heterocycles. The van der Waals surface area contributed by atoms with Crippen LogP contribution in [-0.2, 0) is 25.7 Å². The van der Waals surface area contributed by atoms with E-state index in [9.17, 15) is 0 Å². The van der Waals surface area contributed by atoms with Crippen molar-refractivity contribution >= 4 is 0 Å². The number of methoxy groups -OCH3 is 3. The Bertz CT molecular complexity index is 1940. The quantitative estimate of drug-likeness (QED) is 0.195. The van der Waals surface area contributed by atoms with Crippen LogP contribution in [0.1, 0.15) is 51.9 Å². The first kappa shape index (κ1) is 36.5. The molecule has 0 aliphatic carbocycles. The fourth-order valence-corrected chi connectivity index (χ4v) is 8.63. The van der Waals surface area contributed by atoms with Crippen LogP contribution in [0.15, 0.2) is 60.7 Å². The second-order valence-electron chi connectivity index (χ2n) is 15.0. The third-order valence-electron chi connectivity index (χ3n) is 11.7. The van der Waals surface area contributed by atoms with Gasteiger partial charge in [-0.15, -0.1) is 0 Å². The van der Waals surface area contributed by atoms with E-state index < -0.39 is 0 Å². The zero-order valence-corrected chi connectivity index (χ0v) is 32.4. The van der Waals surface area contributed by atoms with Gasteiger partial charge in [-0.1, -0.05) is 18.2 Å². The Morgan fingerprint density at radius 1 is 0.685 bits per heavy atom. The maximum atomic E-state index is 7.10. The standard InChI is InChI=1S/C44H54N4O6/c1-46-18-13-31-26-38(49-3)40-28-34(31)35(46)23-29-7-10-33(11-8-29)53-39-25-30(9-12-37(39)52-22-6-17-48-20-15-45-16-21-48)24-36-42-32(14-19-47(36)2)27-41(50-4)43(51-5)44(42)54-40/h7-12,25-28,35-36,45H,6,13-24H2,1-5H3/t35-,36+/m0/s1. The maximum Gasteiger partial charge on any atom is 0.204 e. The summed E-state index contributed by atoms with van der Waals surface area (Å²) in [5.41, 5.74) is 7.20. The molecule has 2 atom stereocenters. The monoisotopic (exact) mass is 734 g/mol. The highest BCUT2D eigenvalue weighted by atomic mass is 16.5. The van der Waals surface area contributed by atoms with Crippen molar-refractivity contribution in [3.8, 4) is 46.0 Å². The van der Waals surface area contributed by atoms with Crippen LogP contribution < -0.4 is 33.7 Å². The van der Waals surface area contributed by atoms with Gasteiger partial charge in [0.2, 0.25) is 5.75 Å². The van der Waals surface area contributed by atoms with Crippen LogP contribution in [-0.4, -0.2) is 103 Å². The van der Waals surface area contributed by atoms with Crippen molar-refractivity contribution in [1.82, 2.24) is 20.0 Å². The highest BCUT2D eigenvalue weighted by Gasteiger charge is 2.35. The molecule has 10 heteroatoms. The first-order valence-electron chi connectivity index (χ1n) is 19.4. The topological polar surface area (TPSA) is 77.1 Å². The van der Waals surface area contributed by atoms with Crippen LogP contribution >= 0.6 is 0 Å². The summed E-state index contributed by atoms with van der Waals surface area (Å²) < 4.78 is 38.3. The third-order valence-corrected chi connectivity index (χ3v) is 11.7. The number of ether oxygens (including phenoxy) is 6. The molecule has 4 aromatic rings. The molecule has 1 fully saturated rings. The largest absolute Gasteiger partial charge is 0.493 e. The van der Waals surface area contributed by atoms with Gasteiger partial charge in [-0.3, -0.25) is 9.80 Å². The number of nitrogens with one attached hydrogen (secondary N) is 1. The molecule has 5 heterocycles. The van der Waals surface area contributed by atoms with Crippen molar-refractivity contribution in [2.45, 2.75) is 44.2 Å². The van der Waals surface area contributed by atoms with E-state index in [1.54, 1.807) is 21.3 Å². The fourth-order valence-electron chi connectivity index (χ4n) is 8.63. The SMILES string of the molecule is COc1cc2c3cc1Oc1c(OC)c(OC)cc4c1[C@@H](Cc1ccc(OCCCN5CCNCC5)c(c1)Oc1ccc(cc1)C[C@@H]3N(C)CC2)N(C)CC4. The van der Waals surface area contributed by atoms with Crippen molar-refractivity contribution in [2.75, 3.05) is 87.8 Å². The predicted molar refractivity (Wildman–Crippen MR) is 211 cm³/mol. The van der Waals surface area contributed by atoms with Gasteiger partial charge < -0.3 is 38.6 Å². The molecule has 5 aliphatic rings. The zero-order valence-electron chi connectivity index (χ0n) is 32.4. The Labute approximate surface area is 319 Å². The molecule has 286 valence electrons. The average Bonchev–Trinajstić information content (AvgIpc) is 3.19. The number of likely N-dealkylation sites (N-methyl/N-ethyl adjacent to an activating group) is 2. The van der Waals surface area contributed by atoms with Gasteiger partial charge in [-0.2, -0.15) is 0 Å². The van der Waals surface area contributed by atoms with E-state index in [1.165, 1.54) is 22.3 Å². The van der Waals surface area contributed by atoms with E-state index in [4.69, 9.17) is 28.4 Å². The van der Waals surface area contributed by atoms with E-state index in [2.05, 4.69) is 94.8 Å². The number of rotatable bonds is 8. The molecule has 0 spiro atoms. The maximum absolute atomic E-state index is 7.10. The minimum absolute atomic E-state index is 0.0112. The number of benzene rings is 4. The number of piperazine rings is 1. The summed E-state index contributed by atoms with van der Waals surface area (Å²) in [6.07, 6.45) is 4.32. The molecule has 4 aromatic carbocycles. The van der Waals surface area contributed by atoms with E-state index in [0.29, 0.717) is 35.4 Å². The van der Waals surface area contributed by atoms with Gasteiger partial charge >= 0.3 is 0 Å². The minimum Gasteiger partial charge on any atom is -0.493 e. The van der Waals surface area contributed by atoms with Crippen LogP contribution in [0.4, 0.5) is 0 Å². The van der Waals surface area contributed by atoms with E-state index in [0.717, 1.165) is 106 Å². The van der Waals surface area contributed by atoms with Gasteiger partial charge in [0.25, 0.3) is 0 Å². The lowest BCUT2D eigenvalue weighted by Crippen LogP contribution is -2.43. The molecule has 0 unspecified atom stereocenters. The van der Waals surface area contributed by atoms with E-state index in [-0.39, 0.29) is 12.1 Å². The molecule has 0 amide bonds. The van der Waals surface area contributed by atoms with Crippen molar-refractivity contribution < 1.29 is 28.4 Å². The van der Waals surface area contributed by atoms with Crippen LogP contribution in [0.2, 0.25) is 0 Å². The lowest BCUT2D eigenvalue weighted by molar-refractivity contribution is 0.211. The Morgan fingerprint density at radius 2 is 1.37 bits per heavy atom. The summed E-state index contributed by atoms with van der Waals surface area (Å²) in [7, 11) is 9.49. The molecule has 9 rings (SSSR count).